The van der Waals surface area contributed by atoms with E-state index in [1.165, 1.54) is 19.1 Å². The number of hydrogen-bond acceptors (Lipinski definition) is 2. The van der Waals surface area contributed by atoms with Crippen molar-refractivity contribution >= 4 is 17.6 Å². The molecule has 0 aliphatic rings. The highest BCUT2D eigenvalue weighted by Crippen LogP contribution is 2.16. The zero-order chi connectivity index (χ0) is 8.91. The van der Waals surface area contributed by atoms with Crippen molar-refractivity contribution in [1.29, 1.82) is 0 Å². The SMILES string of the molecule is C=CCOC(=O)C(C)(Cl)C=C. The smallest absolute Gasteiger partial charge is 0.331 e. The molecule has 0 aromatic rings. The Morgan fingerprint density at radius 1 is 1.73 bits per heavy atom. The van der Waals surface area contributed by atoms with Crippen molar-refractivity contribution in [2.45, 2.75) is 11.8 Å². The predicted molar refractivity (Wildman–Crippen MR) is 45.6 cm³/mol. The summed E-state index contributed by atoms with van der Waals surface area (Å²) in [7, 11) is 0. The van der Waals surface area contributed by atoms with Gasteiger partial charge in [-0.1, -0.05) is 18.7 Å². The lowest BCUT2D eigenvalue weighted by Crippen LogP contribution is -2.28. The van der Waals surface area contributed by atoms with Gasteiger partial charge < -0.3 is 4.74 Å². The molecule has 0 aliphatic heterocycles. The molecular weight excluding hydrogens is 164 g/mol. The number of ether oxygens (including phenoxy) is 1. The van der Waals surface area contributed by atoms with Crippen LogP contribution in [0.5, 0.6) is 0 Å². The molecule has 3 heteroatoms. The number of hydrogen-bond donors (Lipinski definition) is 0. The molecule has 0 aromatic carbocycles. The first kappa shape index (κ1) is 10.2. The van der Waals surface area contributed by atoms with Crippen molar-refractivity contribution in [2.24, 2.45) is 0 Å². The van der Waals surface area contributed by atoms with Crippen LogP contribution in [0, 0.1) is 0 Å². The quantitative estimate of drug-likeness (QED) is 0.370. The number of carbonyl (C=O) groups is 1. The van der Waals surface area contributed by atoms with Crippen LogP contribution in [0.3, 0.4) is 0 Å². The lowest BCUT2D eigenvalue weighted by molar-refractivity contribution is -0.143. The van der Waals surface area contributed by atoms with Crippen molar-refractivity contribution in [1.82, 2.24) is 0 Å². The van der Waals surface area contributed by atoms with Gasteiger partial charge in [0.15, 0.2) is 4.87 Å². The highest BCUT2D eigenvalue weighted by atomic mass is 35.5. The third kappa shape index (κ3) is 3.23. The molecule has 0 aromatic heterocycles. The Morgan fingerprint density at radius 3 is 2.64 bits per heavy atom. The maximum absolute atomic E-state index is 11.0. The van der Waals surface area contributed by atoms with E-state index in [1.54, 1.807) is 0 Å². The van der Waals surface area contributed by atoms with Crippen LogP contribution in [0.4, 0.5) is 0 Å². The number of alkyl halides is 1. The Hall–Kier alpha value is -0.760. The first-order valence-corrected chi connectivity index (χ1v) is 3.53. The molecule has 0 fully saturated rings. The van der Waals surface area contributed by atoms with Crippen molar-refractivity contribution in [3.8, 4) is 0 Å². The van der Waals surface area contributed by atoms with Gasteiger partial charge in [-0.3, -0.25) is 0 Å². The molecule has 62 valence electrons. The Labute approximate surface area is 71.5 Å². The minimum atomic E-state index is -1.12. The number of halogens is 1. The topological polar surface area (TPSA) is 26.3 Å². The summed E-state index contributed by atoms with van der Waals surface area (Å²) in [5.74, 6) is -0.505. The first-order chi connectivity index (χ1) is 5.04. The van der Waals surface area contributed by atoms with Gasteiger partial charge in [0.05, 0.1) is 0 Å². The van der Waals surface area contributed by atoms with Gasteiger partial charge in [0.2, 0.25) is 0 Å². The molecule has 0 saturated heterocycles. The molecule has 0 radical (unpaired) electrons. The Balaban J connectivity index is 4.01. The van der Waals surface area contributed by atoms with E-state index < -0.39 is 10.8 Å². The monoisotopic (exact) mass is 174 g/mol. The summed E-state index contributed by atoms with van der Waals surface area (Å²) in [6.45, 7) is 8.49. The van der Waals surface area contributed by atoms with E-state index >= 15 is 0 Å². The summed E-state index contributed by atoms with van der Waals surface area (Å²) in [4.78, 5) is 9.86. The number of rotatable bonds is 4. The fraction of sp³-hybridized carbons (Fsp3) is 0.375. The van der Waals surface area contributed by atoms with E-state index in [4.69, 9.17) is 11.6 Å². The second-order valence-electron chi connectivity index (χ2n) is 2.17. The van der Waals surface area contributed by atoms with Crippen molar-refractivity contribution in [3.63, 3.8) is 0 Å². The molecule has 0 heterocycles. The number of carbonyl (C=O) groups excluding carboxylic acids is 1. The average molecular weight is 175 g/mol. The summed E-state index contributed by atoms with van der Waals surface area (Å²) < 4.78 is 4.69. The van der Waals surface area contributed by atoms with Crippen molar-refractivity contribution in [3.05, 3.63) is 25.3 Å². The van der Waals surface area contributed by atoms with Crippen LogP contribution >= 0.6 is 11.6 Å². The molecule has 1 atom stereocenters. The zero-order valence-corrected chi connectivity index (χ0v) is 7.23. The summed E-state index contributed by atoms with van der Waals surface area (Å²) in [5.41, 5.74) is 0. The normalized spacial score (nSPS) is 14.7. The minimum absolute atomic E-state index is 0.176. The van der Waals surface area contributed by atoms with Crippen LogP contribution in [0.1, 0.15) is 6.92 Å². The Bertz CT molecular complexity index is 173. The number of esters is 1. The summed E-state index contributed by atoms with van der Waals surface area (Å²) >= 11 is 5.68. The van der Waals surface area contributed by atoms with E-state index in [1.807, 2.05) is 0 Å². The van der Waals surface area contributed by atoms with Gasteiger partial charge in [-0.15, -0.1) is 18.2 Å². The van der Waals surface area contributed by atoms with E-state index in [2.05, 4.69) is 17.9 Å². The van der Waals surface area contributed by atoms with Gasteiger partial charge >= 0.3 is 5.97 Å². The van der Waals surface area contributed by atoms with E-state index in [-0.39, 0.29) is 6.61 Å². The van der Waals surface area contributed by atoms with E-state index in [0.717, 1.165) is 0 Å². The zero-order valence-electron chi connectivity index (χ0n) is 6.47. The molecular formula is C8H11ClO2. The van der Waals surface area contributed by atoms with Gasteiger partial charge in [-0.2, -0.15) is 0 Å². The fourth-order valence-corrected chi connectivity index (χ4v) is 0.414. The third-order valence-electron chi connectivity index (χ3n) is 1.11. The highest BCUT2D eigenvalue weighted by Gasteiger charge is 2.27. The van der Waals surface area contributed by atoms with Gasteiger partial charge in [-0.25, -0.2) is 4.79 Å². The molecule has 0 bridgehead atoms. The lowest BCUT2D eigenvalue weighted by Gasteiger charge is -2.13. The average Bonchev–Trinajstić information content (AvgIpc) is 2.00. The molecule has 0 rings (SSSR count). The van der Waals surface area contributed by atoms with Gasteiger partial charge in [-0.05, 0) is 6.92 Å². The van der Waals surface area contributed by atoms with E-state index in [0.29, 0.717) is 0 Å². The first-order valence-electron chi connectivity index (χ1n) is 3.15. The maximum Gasteiger partial charge on any atom is 0.331 e. The molecule has 0 aliphatic carbocycles. The lowest BCUT2D eigenvalue weighted by atomic mass is 10.2. The van der Waals surface area contributed by atoms with E-state index in [9.17, 15) is 4.79 Å². The summed E-state index contributed by atoms with van der Waals surface area (Å²) in [5, 5.41) is 0. The Morgan fingerprint density at radius 2 is 2.27 bits per heavy atom. The summed E-state index contributed by atoms with van der Waals surface area (Å²) in [6.07, 6.45) is 2.81. The van der Waals surface area contributed by atoms with Crippen LogP contribution in [0.15, 0.2) is 25.3 Å². The second kappa shape index (κ2) is 4.19. The molecule has 0 amide bonds. The van der Waals surface area contributed by atoms with Crippen LogP contribution in [-0.2, 0) is 9.53 Å². The summed E-state index contributed by atoms with van der Waals surface area (Å²) in [6, 6.07) is 0. The van der Waals surface area contributed by atoms with Crippen LogP contribution in [-0.4, -0.2) is 17.5 Å². The fourth-order valence-electron chi connectivity index (χ4n) is 0.359. The molecule has 0 spiro atoms. The second-order valence-corrected chi connectivity index (χ2v) is 2.95. The van der Waals surface area contributed by atoms with Gasteiger partial charge in [0.1, 0.15) is 6.61 Å². The minimum Gasteiger partial charge on any atom is -0.460 e. The van der Waals surface area contributed by atoms with Crippen LogP contribution in [0.2, 0.25) is 0 Å². The largest absolute Gasteiger partial charge is 0.460 e. The highest BCUT2D eigenvalue weighted by molar-refractivity contribution is 6.35. The third-order valence-corrected chi connectivity index (χ3v) is 1.42. The molecule has 1 unspecified atom stereocenters. The van der Waals surface area contributed by atoms with Gasteiger partial charge in [0.25, 0.3) is 0 Å². The predicted octanol–water partition coefficient (Wildman–Crippen LogP) is 1.90. The Kier molecular flexibility index (Phi) is 3.90. The maximum atomic E-state index is 11.0. The standard InChI is InChI=1S/C8H11ClO2/c1-4-6-11-7(10)8(3,9)5-2/h4-5H,1-2,6H2,3H3. The molecule has 11 heavy (non-hydrogen) atoms. The van der Waals surface area contributed by atoms with Crippen molar-refractivity contribution in [2.75, 3.05) is 6.61 Å². The van der Waals surface area contributed by atoms with Gasteiger partial charge in [0, 0.05) is 0 Å². The molecule has 0 N–H and O–H groups in total. The van der Waals surface area contributed by atoms with Crippen LogP contribution < -0.4 is 0 Å². The molecule has 0 saturated carbocycles. The van der Waals surface area contributed by atoms with Crippen molar-refractivity contribution < 1.29 is 9.53 Å². The van der Waals surface area contributed by atoms with Crippen LogP contribution in [0.25, 0.3) is 0 Å². The molecule has 2 nitrogen and oxygen atoms in total.